The number of nitrogens with zero attached hydrogens (tertiary/aromatic N) is 1. The molecule has 2 aromatic carbocycles. The van der Waals surface area contributed by atoms with E-state index in [-0.39, 0.29) is 30.1 Å². The maximum absolute atomic E-state index is 12.9. The maximum atomic E-state index is 12.9. The van der Waals surface area contributed by atoms with Crippen LogP contribution in [0.5, 0.6) is 0 Å². The summed E-state index contributed by atoms with van der Waals surface area (Å²) in [4.78, 5) is 28.1. The Kier molecular flexibility index (Phi) is 7.22. The van der Waals surface area contributed by atoms with Crippen LogP contribution in [0.1, 0.15) is 48.2 Å². The van der Waals surface area contributed by atoms with Crippen LogP contribution in [0.4, 0.5) is 0 Å². The molecule has 3 atom stereocenters. The van der Waals surface area contributed by atoms with Crippen molar-refractivity contribution >= 4 is 11.8 Å². The Morgan fingerprint density at radius 3 is 2.25 bits per heavy atom. The zero-order chi connectivity index (χ0) is 22.5. The number of rotatable bonds is 8. The van der Waals surface area contributed by atoms with Gasteiger partial charge in [-0.3, -0.25) is 14.5 Å². The van der Waals surface area contributed by atoms with Crippen molar-refractivity contribution in [1.82, 2.24) is 15.5 Å². The van der Waals surface area contributed by atoms with Crippen LogP contribution in [0.25, 0.3) is 0 Å². The average Bonchev–Trinajstić information content (AvgIpc) is 3.58. The summed E-state index contributed by atoms with van der Waals surface area (Å²) in [7, 11) is 0. The molecule has 4 rings (SSSR count). The molecule has 0 bridgehead atoms. The summed E-state index contributed by atoms with van der Waals surface area (Å²) in [6.07, 6.45) is 2.95. The monoisotopic (exact) mass is 435 g/mol. The van der Waals surface area contributed by atoms with Crippen molar-refractivity contribution in [3.8, 4) is 0 Å². The van der Waals surface area contributed by atoms with Gasteiger partial charge in [-0.2, -0.15) is 0 Å². The molecule has 1 saturated carbocycles. The summed E-state index contributed by atoms with van der Waals surface area (Å²) in [6.45, 7) is 6.84. The van der Waals surface area contributed by atoms with E-state index >= 15 is 0 Å². The fraction of sp³-hybridized carbons (Fsp3) is 0.462. The number of benzene rings is 2. The van der Waals surface area contributed by atoms with Gasteiger partial charge in [0.1, 0.15) is 6.04 Å². The SMILES string of the molecule is CC1CN(Cc2ccc(C(=O)NC(Cc3ccccc3)C(=O)NC3CC3)cc2)CC(C)O1. The highest BCUT2D eigenvalue weighted by Crippen LogP contribution is 2.19. The van der Waals surface area contributed by atoms with Crippen molar-refractivity contribution in [3.63, 3.8) is 0 Å². The summed E-state index contributed by atoms with van der Waals surface area (Å²) in [5, 5.41) is 5.97. The second-order valence-corrected chi connectivity index (χ2v) is 9.15. The van der Waals surface area contributed by atoms with Crippen molar-refractivity contribution in [2.45, 2.75) is 63.9 Å². The highest BCUT2D eigenvalue weighted by Gasteiger charge is 2.29. The van der Waals surface area contributed by atoms with Gasteiger partial charge in [-0.05, 0) is 49.9 Å². The molecule has 2 aliphatic rings. The molecule has 0 spiro atoms. The zero-order valence-electron chi connectivity index (χ0n) is 18.9. The first kappa shape index (κ1) is 22.5. The molecule has 1 heterocycles. The minimum Gasteiger partial charge on any atom is -0.373 e. The molecule has 2 N–H and O–H groups in total. The smallest absolute Gasteiger partial charge is 0.251 e. The first-order valence-corrected chi connectivity index (χ1v) is 11.6. The lowest BCUT2D eigenvalue weighted by Gasteiger charge is -2.35. The first-order chi connectivity index (χ1) is 15.5. The van der Waals surface area contributed by atoms with Gasteiger partial charge < -0.3 is 15.4 Å². The zero-order valence-corrected chi connectivity index (χ0v) is 18.9. The Morgan fingerprint density at radius 2 is 1.62 bits per heavy atom. The van der Waals surface area contributed by atoms with E-state index in [0.29, 0.717) is 12.0 Å². The highest BCUT2D eigenvalue weighted by molar-refractivity contribution is 5.97. The van der Waals surface area contributed by atoms with Crippen LogP contribution < -0.4 is 10.6 Å². The molecular weight excluding hydrogens is 402 g/mol. The minimum absolute atomic E-state index is 0.114. The second kappa shape index (κ2) is 10.3. The van der Waals surface area contributed by atoms with Crippen molar-refractivity contribution < 1.29 is 14.3 Å². The summed E-state index contributed by atoms with van der Waals surface area (Å²) in [6, 6.07) is 17.1. The average molecular weight is 436 g/mol. The van der Waals surface area contributed by atoms with E-state index in [9.17, 15) is 9.59 Å². The van der Waals surface area contributed by atoms with Crippen LogP contribution in [0.15, 0.2) is 54.6 Å². The Balaban J connectivity index is 1.38. The summed E-state index contributed by atoms with van der Waals surface area (Å²) >= 11 is 0. The number of carbonyl (C=O) groups excluding carboxylic acids is 2. The standard InChI is InChI=1S/C26H33N3O3/c1-18-15-29(16-19(2)32-18)17-21-8-10-22(11-9-21)25(30)28-24(26(31)27-23-12-13-23)14-20-6-4-3-5-7-20/h3-11,18-19,23-24H,12-17H2,1-2H3,(H,27,31)(H,28,30). The Morgan fingerprint density at radius 1 is 0.969 bits per heavy atom. The number of hydrogen-bond donors (Lipinski definition) is 2. The molecule has 6 heteroatoms. The first-order valence-electron chi connectivity index (χ1n) is 11.6. The Hall–Kier alpha value is -2.70. The largest absolute Gasteiger partial charge is 0.373 e. The minimum atomic E-state index is -0.596. The third kappa shape index (κ3) is 6.40. The van der Waals surface area contributed by atoms with E-state index in [1.807, 2.05) is 54.6 Å². The molecule has 1 aliphatic heterocycles. The van der Waals surface area contributed by atoms with Crippen molar-refractivity contribution in [2.24, 2.45) is 0 Å². The molecule has 2 fully saturated rings. The van der Waals surface area contributed by atoms with Crippen LogP contribution in [-0.2, 0) is 22.5 Å². The topological polar surface area (TPSA) is 70.7 Å². The fourth-order valence-electron chi connectivity index (χ4n) is 4.26. The quantitative estimate of drug-likeness (QED) is 0.669. The van der Waals surface area contributed by atoms with Crippen LogP contribution in [0.3, 0.4) is 0 Å². The normalized spacial score (nSPS) is 22.2. The number of morpholine rings is 1. The predicted octanol–water partition coefficient (Wildman–Crippen LogP) is 2.92. The number of nitrogens with one attached hydrogen (secondary N) is 2. The Labute approximate surface area is 190 Å². The van der Waals surface area contributed by atoms with Crippen molar-refractivity contribution in [2.75, 3.05) is 13.1 Å². The van der Waals surface area contributed by atoms with Gasteiger partial charge in [-0.15, -0.1) is 0 Å². The second-order valence-electron chi connectivity index (χ2n) is 9.15. The van der Waals surface area contributed by atoms with Crippen molar-refractivity contribution in [1.29, 1.82) is 0 Å². The van der Waals surface area contributed by atoms with Crippen LogP contribution in [0, 0.1) is 0 Å². The third-order valence-corrected chi connectivity index (χ3v) is 5.95. The third-order valence-electron chi connectivity index (χ3n) is 5.95. The molecule has 0 radical (unpaired) electrons. The summed E-state index contributed by atoms with van der Waals surface area (Å²) in [5.74, 6) is -0.339. The molecular formula is C26H33N3O3. The van der Waals surface area contributed by atoms with Crippen LogP contribution in [0.2, 0.25) is 0 Å². The molecule has 32 heavy (non-hydrogen) atoms. The molecule has 2 amide bonds. The van der Waals surface area contributed by atoms with Gasteiger partial charge in [0.2, 0.25) is 5.91 Å². The van der Waals surface area contributed by atoms with Crippen LogP contribution >= 0.6 is 0 Å². The van der Waals surface area contributed by atoms with E-state index < -0.39 is 6.04 Å². The van der Waals surface area contributed by atoms with E-state index in [1.165, 1.54) is 0 Å². The molecule has 1 saturated heterocycles. The van der Waals surface area contributed by atoms with Gasteiger partial charge in [0.05, 0.1) is 12.2 Å². The number of ether oxygens (including phenoxy) is 1. The lowest BCUT2D eigenvalue weighted by molar-refractivity contribution is -0.123. The molecule has 170 valence electrons. The fourth-order valence-corrected chi connectivity index (χ4v) is 4.26. The molecule has 3 unspecified atom stereocenters. The predicted molar refractivity (Wildman–Crippen MR) is 124 cm³/mol. The molecule has 2 aromatic rings. The summed E-state index contributed by atoms with van der Waals surface area (Å²) in [5.41, 5.74) is 2.75. The lowest BCUT2D eigenvalue weighted by atomic mass is 10.0. The summed E-state index contributed by atoms with van der Waals surface area (Å²) < 4.78 is 5.80. The van der Waals surface area contributed by atoms with E-state index in [4.69, 9.17) is 4.74 Å². The van der Waals surface area contributed by atoms with Gasteiger partial charge >= 0.3 is 0 Å². The van der Waals surface area contributed by atoms with E-state index in [2.05, 4.69) is 29.4 Å². The van der Waals surface area contributed by atoms with Crippen LogP contribution in [-0.4, -0.2) is 54.1 Å². The van der Waals surface area contributed by atoms with Gasteiger partial charge in [0.15, 0.2) is 0 Å². The number of amides is 2. The van der Waals surface area contributed by atoms with Gasteiger partial charge in [0, 0.05) is 37.7 Å². The highest BCUT2D eigenvalue weighted by atomic mass is 16.5. The van der Waals surface area contributed by atoms with Gasteiger partial charge in [0.25, 0.3) is 5.91 Å². The van der Waals surface area contributed by atoms with E-state index in [0.717, 1.165) is 43.6 Å². The Bertz CT molecular complexity index is 902. The number of hydrogen-bond acceptors (Lipinski definition) is 4. The van der Waals surface area contributed by atoms with E-state index in [1.54, 1.807) is 0 Å². The van der Waals surface area contributed by atoms with Gasteiger partial charge in [-0.1, -0.05) is 42.5 Å². The van der Waals surface area contributed by atoms with Crippen molar-refractivity contribution in [3.05, 3.63) is 71.3 Å². The van der Waals surface area contributed by atoms with Gasteiger partial charge in [-0.25, -0.2) is 0 Å². The lowest BCUT2D eigenvalue weighted by Crippen LogP contribution is -2.48. The molecule has 6 nitrogen and oxygen atoms in total. The maximum Gasteiger partial charge on any atom is 0.251 e. The molecule has 0 aromatic heterocycles. The molecule has 1 aliphatic carbocycles. The number of carbonyl (C=O) groups is 2.